The molecule has 7 heteroatoms. The first-order chi connectivity index (χ1) is 20.6. The number of nitrogens with zero attached hydrogens (tertiary/aromatic N) is 3. The molecule has 6 rings (SSSR count). The molecule has 6 aromatic rings. The molecule has 0 aliphatic rings. The molecule has 0 spiro atoms. The smallest absolute Gasteiger partial charge is 0.0449 e. The molecule has 0 bridgehead atoms. The number of hydrogen-bond acceptors (Lipinski definition) is 4. The van der Waals surface area contributed by atoms with E-state index in [0.717, 1.165) is 6.42 Å². The highest BCUT2D eigenvalue weighted by Gasteiger charge is 2.15. The van der Waals surface area contributed by atoms with E-state index in [1.165, 1.54) is 45.2 Å². The van der Waals surface area contributed by atoms with Gasteiger partial charge in [-0.05, 0) is 79.6 Å². The number of azide groups is 1. The molecular weight excluding hydrogens is 590 g/mol. The molecule has 0 fully saturated rings. The summed E-state index contributed by atoms with van der Waals surface area (Å²) in [5.41, 5.74) is 7.66. The largest absolute Gasteiger partial charge is 0.140 e. The van der Waals surface area contributed by atoms with Crippen LogP contribution in [0.1, 0.15) is 23.1 Å². The molecule has 3 nitrogen and oxygen atoms in total. The summed E-state index contributed by atoms with van der Waals surface area (Å²) in [5, 5.41) is 7.46. The average molecular weight is 624 g/mol. The SMILES string of the molecule is CCCN=[N+]=[N-].Cc1ccc(-c2ccc(-c3ccc(C)s3)s2)s1.c1ccc(P(c2ccccc2)c2ccccc2)cc1. The van der Waals surface area contributed by atoms with Crippen LogP contribution in [-0.2, 0) is 0 Å². The van der Waals surface area contributed by atoms with Crippen LogP contribution in [0.2, 0.25) is 0 Å². The molecule has 0 aliphatic heterocycles. The Hall–Kier alpha value is -3.50. The van der Waals surface area contributed by atoms with Gasteiger partial charge in [0, 0.05) is 40.7 Å². The maximum Gasteiger partial charge on any atom is 0.0449 e. The molecule has 0 amide bonds. The van der Waals surface area contributed by atoms with Gasteiger partial charge >= 0.3 is 0 Å². The van der Waals surface area contributed by atoms with E-state index in [9.17, 15) is 0 Å². The zero-order valence-electron chi connectivity index (χ0n) is 24.1. The van der Waals surface area contributed by atoms with E-state index in [0.29, 0.717) is 6.54 Å². The van der Waals surface area contributed by atoms with E-state index in [4.69, 9.17) is 5.53 Å². The number of thiophene rings is 3. The predicted octanol–water partition coefficient (Wildman–Crippen LogP) is 11.0. The van der Waals surface area contributed by atoms with Crippen LogP contribution in [0.4, 0.5) is 0 Å². The van der Waals surface area contributed by atoms with Crippen LogP contribution in [0.5, 0.6) is 0 Å². The predicted molar refractivity (Wildman–Crippen MR) is 190 cm³/mol. The van der Waals surface area contributed by atoms with Crippen LogP contribution >= 0.6 is 41.9 Å². The third kappa shape index (κ3) is 9.25. The Bertz CT molecular complexity index is 1520. The van der Waals surface area contributed by atoms with Crippen LogP contribution in [-0.4, -0.2) is 6.54 Å². The third-order valence-electron chi connectivity index (χ3n) is 6.00. The first-order valence-electron chi connectivity index (χ1n) is 13.8. The molecule has 3 heterocycles. The fraction of sp³-hybridized carbons (Fsp3) is 0.143. The lowest BCUT2D eigenvalue weighted by atomic mass is 10.3. The lowest BCUT2D eigenvalue weighted by molar-refractivity contribution is 0.922. The van der Waals surface area contributed by atoms with Crippen molar-refractivity contribution in [1.82, 2.24) is 0 Å². The molecule has 0 radical (unpaired) electrons. The second-order valence-corrected chi connectivity index (χ2v) is 15.2. The summed E-state index contributed by atoms with van der Waals surface area (Å²) in [6.07, 6.45) is 0.935. The maximum absolute atomic E-state index is 7.66. The second-order valence-electron chi connectivity index (χ2n) is 9.28. The second kappa shape index (κ2) is 16.8. The normalized spacial score (nSPS) is 10.2. The fourth-order valence-electron chi connectivity index (χ4n) is 4.06. The van der Waals surface area contributed by atoms with Crippen molar-refractivity contribution >= 4 is 57.8 Å². The molecule has 0 saturated heterocycles. The van der Waals surface area contributed by atoms with Crippen LogP contribution < -0.4 is 15.9 Å². The summed E-state index contributed by atoms with van der Waals surface area (Å²) in [6.45, 7) is 6.90. The molecular formula is C35H34N3PS3. The maximum atomic E-state index is 7.66. The highest BCUT2D eigenvalue weighted by molar-refractivity contribution is 7.79. The summed E-state index contributed by atoms with van der Waals surface area (Å²) >= 11 is 5.62. The summed E-state index contributed by atoms with van der Waals surface area (Å²) in [4.78, 5) is 10.8. The molecule has 42 heavy (non-hydrogen) atoms. The van der Waals surface area contributed by atoms with Crippen LogP contribution in [0.25, 0.3) is 30.0 Å². The molecule has 0 aliphatic carbocycles. The Morgan fingerprint density at radius 1 is 0.548 bits per heavy atom. The van der Waals surface area contributed by atoms with Gasteiger partial charge < -0.3 is 0 Å². The van der Waals surface area contributed by atoms with Gasteiger partial charge in [-0.2, -0.15) is 0 Å². The molecule has 0 saturated carbocycles. The minimum absolute atomic E-state index is 0.446. The van der Waals surface area contributed by atoms with Gasteiger partial charge in [0.25, 0.3) is 0 Å². The highest BCUT2D eigenvalue weighted by Crippen LogP contribution is 2.39. The van der Waals surface area contributed by atoms with Crippen molar-refractivity contribution < 1.29 is 0 Å². The van der Waals surface area contributed by atoms with Crippen molar-refractivity contribution in [3.63, 3.8) is 0 Å². The summed E-state index contributed by atoms with van der Waals surface area (Å²) < 4.78 is 0. The van der Waals surface area contributed by atoms with Gasteiger partial charge in [-0.25, -0.2) is 0 Å². The molecule has 212 valence electrons. The highest BCUT2D eigenvalue weighted by atomic mass is 32.1. The third-order valence-corrected chi connectivity index (χ3v) is 11.9. The Kier molecular flexibility index (Phi) is 12.6. The van der Waals surface area contributed by atoms with Crippen molar-refractivity contribution in [3.05, 3.63) is 148 Å². The van der Waals surface area contributed by atoms with E-state index < -0.39 is 7.92 Å². The van der Waals surface area contributed by atoms with E-state index >= 15 is 0 Å². The van der Waals surface area contributed by atoms with Gasteiger partial charge in [-0.1, -0.05) is 109 Å². The molecule has 0 atom stereocenters. The molecule has 3 aromatic carbocycles. The Morgan fingerprint density at radius 3 is 1.19 bits per heavy atom. The van der Waals surface area contributed by atoms with E-state index in [1.807, 2.05) is 40.9 Å². The molecule has 3 aromatic heterocycles. The van der Waals surface area contributed by atoms with Gasteiger partial charge in [-0.15, -0.1) is 34.0 Å². The van der Waals surface area contributed by atoms with E-state index in [-0.39, 0.29) is 0 Å². The summed E-state index contributed by atoms with van der Waals surface area (Å²) in [5.74, 6) is 0. The Labute approximate surface area is 262 Å². The quantitative estimate of drug-likeness (QED) is 0.0735. The number of benzene rings is 3. The van der Waals surface area contributed by atoms with Crippen LogP contribution in [0, 0.1) is 13.8 Å². The first-order valence-corrected chi connectivity index (χ1v) is 17.6. The van der Waals surface area contributed by atoms with Crippen LogP contribution in [0.15, 0.2) is 133 Å². The van der Waals surface area contributed by atoms with Crippen molar-refractivity contribution in [2.75, 3.05) is 6.54 Å². The van der Waals surface area contributed by atoms with Gasteiger partial charge in [0.1, 0.15) is 0 Å². The first kappa shape index (κ1) is 31.4. The number of hydrogen-bond donors (Lipinski definition) is 0. The standard InChI is InChI=1S/C18H15P.C14H12S3.C3H7N3/c1-4-10-16(11-5-1)19(17-12-6-2-7-13-17)18-14-8-3-9-15-18;1-9-3-5-11(15-9)13-7-8-14(17-13)12-6-4-10(2)16-12;1-2-3-5-6-4/h1-15H;3-8H,1-2H3;2-3H2,1H3. The van der Waals surface area contributed by atoms with E-state index in [2.05, 4.69) is 151 Å². The van der Waals surface area contributed by atoms with Gasteiger partial charge in [-0.3, -0.25) is 0 Å². The average Bonchev–Trinajstić information content (AvgIpc) is 3.80. The summed E-state index contributed by atoms with van der Waals surface area (Å²) in [7, 11) is -0.446. The monoisotopic (exact) mass is 623 g/mol. The minimum atomic E-state index is -0.446. The van der Waals surface area contributed by atoms with E-state index in [1.54, 1.807) is 0 Å². The van der Waals surface area contributed by atoms with Gasteiger partial charge in [0.05, 0.1) is 0 Å². The van der Waals surface area contributed by atoms with Crippen molar-refractivity contribution in [3.8, 4) is 19.5 Å². The fourth-order valence-corrected chi connectivity index (χ4v) is 9.29. The zero-order chi connectivity index (χ0) is 29.6. The lowest BCUT2D eigenvalue weighted by Crippen LogP contribution is -2.20. The minimum Gasteiger partial charge on any atom is -0.140 e. The van der Waals surface area contributed by atoms with Crippen molar-refractivity contribution in [2.24, 2.45) is 5.11 Å². The number of aryl methyl sites for hydroxylation is 2. The number of rotatable bonds is 7. The van der Waals surface area contributed by atoms with Crippen molar-refractivity contribution in [2.45, 2.75) is 27.2 Å². The molecule has 0 N–H and O–H groups in total. The summed E-state index contributed by atoms with van der Waals surface area (Å²) in [6, 6.07) is 45.6. The Balaban J connectivity index is 0.000000163. The van der Waals surface area contributed by atoms with Gasteiger partial charge in [0.2, 0.25) is 0 Å². The molecule has 0 unspecified atom stereocenters. The lowest BCUT2D eigenvalue weighted by Gasteiger charge is -2.18. The van der Waals surface area contributed by atoms with Crippen LogP contribution in [0.3, 0.4) is 0 Å². The topological polar surface area (TPSA) is 48.8 Å². The zero-order valence-corrected chi connectivity index (χ0v) is 27.4. The van der Waals surface area contributed by atoms with Crippen molar-refractivity contribution in [1.29, 1.82) is 0 Å². The van der Waals surface area contributed by atoms with Gasteiger partial charge in [0.15, 0.2) is 0 Å². The Morgan fingerprint density at radius 2 is 0.905 bits per heavy atom.